The normalized spacial score (nSPS) is 14.9. The monoisotopic (exact) mass is 394 g/mol. The van der Waals surface area contributed by atoms with Gasteiger partial charge < -0.3 is 5.32 Å². The highest BCUT2D eigenvalue weighted by Crippen LogP contribution is 2.29. The predicted molar refractivity (Wildman–Crippen MR) is 105 cm³/mol. The second-order valence-electron chi connectivity index (χ2n) is 6.54. The fourth-order valence-electron chi connectivity index (χ4n) is 3.38. The molecule has 0 bridgehead atoms. The summed E-state index contributed by atoms with van der Waals surface area (Å²) in [6.45, 7) is 0.151. The summed E-state index contributed by atoms with van der Waals surface area (Å²) in [5, 5.41) is 4.94. The minimum atomic E-state index is -3.88. The third-order valence-corrected chi connectivity index (χ3v) is 6.65. The first-order valence-electron chi connectivity index (χ1n) is 8.88. The summed E-state index contributed by atoms with van der Waals surface area (Å²) >= 11 is 0. The van der Waals surface area contributed by atoms with Gasteiger partial charge in [0.05, 0.1) is 5.56 Å². The standard InChI is InChI=1S/C21H18N2O4S/c24-20(22-14-16-8-5-7-15-6-1-2-9-17(15)16)12-13-23-21(25)18-10-3-4-11-19(18)28(23,26)27/h1-11H,12-14H2,(H,22,24). The summed E-state index contributed by atoms with van der Waals surface area (Å²) < 4.78 is 25.8. The first kappa shape index (κ1) is 18.2. The Morgan fingerprint density at radius 1 is 0.929 bits per heavy atom. The fourth-order valence-corrected chi connectivity index (χ4v) is 4.95. The topological polar surface area (TPSA) is 83.6 Å². The molecule has 0 atom stereocenters. The van der Waals surface area contributed by atoms with Crippen LogP contribution in [0.15, 0.2) is 71.6 Å². The zero-order valence-electron chi connectivity index (χ0n) is 15.0. The van der Waals surface area contributed by atoms with Gasteiger partial charge in [0.1, 0.15) is 4.90 Å². The number of carbonyl (C=O) groups is 2. The SMILES string of the molecule is O=C(CCN1C(=O)c2ccccc2S1(=O)=O)NCc1cccc2ccccc12. The van der Waals surface area contributed by atoms with Gasteiger partial charge in [-0.2, -0.15) is 0 Å². The maximum atomic E-state index is 12.5. The molecule has 0 aliphatic carbocycles. The van der Waals surface area contributed by atoms with Crippen LogP contribution < -0.4 is 5.32 Å². The van der Waals surface area contributed by atoms with Gasteiger partial charge in [0.15, 0.2) is 0 Å². The molecule has 3 aromatic carbocycles. The molecule has 1 N–H and O–H groups in total. The minimum Gasteiger partial charge on any atom is -0.352 e. The predicted octanol–water partition coefficient (Wildman–Crippen LogP) is 2.69. The molecular weight excluding hydrogens is 376 g/mol. The van der Waals surface area contributed by atoms with Crippen molar-refractivity contribution in [2.24, 2.45) is 0 Å². The maximum Gasteiger partial charge on any atom is 0.269 e. The molecule has 3 aromatic rings. The molecule has 0 fully saturated rings. The Kier molecular flexibility index (Phi) is 4.60. The highest BCUT2D eigenvalue weighted by atomic mass is 32.2. The number of hydrogen-bond acceptors (Lipinski definition) is 4. The lowest BCUT2D eigenvalue weighted by atomic mass is 10.0. The molecule has 2 amide bonds. The molecule has 0 radical (unpaired) electrons. The van der Waals surface area contributed by atoms with Gasteiger partial charge in [-0.3, -0.25) is 9.59 Å². The number of carbonyl (C=O) groups excluding carboxylic acids is 2. The van der Waals surface area contributed by atoms with Crippen LogP contribution in [0.5, 0.6) is 0 Å². The smallest absolute Gasteiger partial charge is 0.269 e. The number of amides is 2. The first-order chi connectivity index (χ1) is 13.5. The van der Waals surface area contributed by atoms with E-state index in [0.29, 0.717) is 6.54 Å². The number of nitrogens with zero attached hydrogens (tertiary/aromatic N) is 1. The van der Waals surface area contributed by atoms with E-state index in [0.717, 1.165) is 20.6 Å². The third-order valence-electron chi connectivity index (χ3n) is 4.81. The average Bonchev–Trinajstić information content (AvgIpc) is 2.90. The van der Waals surface area contributed by atoms with Crippen molar-refractivity contribution in [3.8, 4) is 0 Å². The third kappa shape index (κ3) is 3.14. The molecular formula is C21H18N2O4S. The number of benzene rings is 3. The van der Waals surface area contributed by atoms with Crippen molar-refractivity contribution in [1.82, 2.24) is 9.62 Å². The van der Waals surface area contributed by atoms with Gasteiger partial charge in [0, 0.05) is 19.5 Å². The molecule has 0 aromatic heterocycles. The van der Waals surface area contributed by atoms with Crippen LogP contribution >= 0.6 is 0 Å². The number of nitrogens with one attached hydrogen (secondary N) is 1. The summed E-state index contributed by atoms with van der Waals surface area (Å²) in [6.07, 6.45) is -0.0935. The molecule has 7 heteroatoms. The summed E-state index contributed by atoms with van der Waals surface area (Å²) in [5.41, 5.74) is 1.13. The van der Waals surface area contributed by atoms with Crippen molar-refractivity contribution in [2.45, 2.75) is 17.9 Å². The summed E-state index contributed by atoms with van der Waals surface area (Å²) in [4.78, 5) is 24.6. The Hall–Kier alpha value is -3.19. The van der Waals surface area contributed by atoms with Crippen molar-refractivity contribution < 1.29 is 18.0 Å². The Morgan fingerprint density at radius 3 is 2.46 bits per heavy atom. The van der Waals surface area contributed by atoms with Crippen LogP contribution in [-0.4, -0.2) is 31.1 Å². The number of rotatable bonds is 5. The molecule has 0 spiro atoms. The van der Waals surface area contributed by atoms with Crippen molar-refractivity contribution in [3.05, 3.63) is 77.9 Å². The van der Waals surface area contributed by atoms with E-state index in [1.807, 2.05) is 42.5 Å². The number of fused-ring (bicyclic) bond motifs is 2. The van der Waals surface area contributed by atoms with E-state index in [-0.39, 0.29) is 29.3 Å². The number of sulfonamides is 1. The van der Waals surface area contributed by atoms with E-state index in [4.69, 9.17) is 0 Å². The molecule has 0 saturated carbocycles. The average molecular weight is 394 g/mol. The van der Waals surface area contributed by atoms with E-state index in [1.54, 1.807) is 12.1 Å². The van der Waals surface area contributed by atoms with Gasteiger partial charge in [-0.1, -0.05) is 54.6 Å². The van der Waals surface area contributed by atoms with Gasteiger partial charge >= 0.3 is 0 Å². The minimum absolute atomic E-state index is 0.00355. The Morgan fingerprint density at radius 2 is 1.64 bits per heavy atom. The summed E-state index contributed by atoms with van der Waals surface area (Å²) in [6, 6.07) is 19.8. The van der Waals surface area contributed by atoms with Gasteiger partial charge in [0.2, 0.25) is 5.91 Å². The van der Waals surface area contributed by atoms with Crippen molar-refractivity contribution >= 4 is 32.6 Å². The molecule has 0 unspecified atom stereocenters. The van der Waals surface area contributed by atoms with Crippen molar-refractivity contribution in [3.63, 3.8) is 0 Å². The Balaban J connectivity index is 1.41. The second kappa shape index (κ2) is 7.09. The van der Waals surface area contributed by atoms with Crippen molar-refractivity contribution in [1.29, 1.82) is 0 Å². The maximum absolute atomic E-state index is 12.5. The van der Waals surface area contributed by atoms with Crippen LogP contribution in [0, 0.1) is 0 Å². The van der Waals surface area contributed by atoms with Crippen LogP contribution in [0.25, 0.3) is 10.8 Å². The van der Waals surface area contributed by atoms with E-state index < -0.39 is 15.9 Å². The van der Waals surface area contributed by atoms with Gasteiger partial charge in [-0.25, -0.2) is 12.7 Å². The zero-order chi connectivity index (χ0) is 19.7. The van der Waals surface area contributed by atoms with Crippen LogP contribution in [0.2, 0.25) is 0 Å². The van der Waals surface area contributed by atoms with E-state index in [2.05, 4.69) is 5.32 Å². The van der Waals surface area contributed by atoms with Gasteiger partial charge in [-0.05, 0) is 28.5 Å². The molecule has 0 saturated heterocycles. The lowest BCUT2D eigenvalue weighted by Gasteiger charge is -2.15. The first-order valence-corrected chi connectivity index (χ1v) is 10.3. The molecule has 142 valence electrons. The molecule has 28 heavy (non-hydrogen) atoms. The molecule has 1 aliphatic rings. The van der Waals surface area contributed by atoms with Crippen LogP contribution in [0.1, 0.15) is 22.3 Å². The quantitative estimate of drug-likeness (QED) is 0.721. The lowest BCUT2D eigenvalue weighted by molar-refractivity contribution is -0.121. The molecule has 4 rings (SSSR count). The number of hydrogen-bond donors (Lipinski definition) is 1. The highest BCUT2D eigenvalue weighted by molar-refractivity contribution is 7.90. The Bertz CT molecular complexity index is 1180. The molecule has 1 aliphatic heterocycles. The second-order valence-corrected chi connectivity index (χ2v) is 8.37. The highest BCUT2D eigenvalue weighted by Gasteiger charge is 2.40. The Labute approximate surface area is 162 Å². The van der Waals surface area contributed by atoms with Gasteiger partial charge in [0.25, 0.3) is 15.9 Å². The van der Waals surface area contributed by atoms with E-state index in [9.17, 15) is 18.0 Å². The van der Waals surface area contributed by atoms with E-state index >= 15 is 0 Å². The molecule has 6 nitrogen and oxygen atoms in total. The van der Waals surface area contributed by atoms with Crippen molar-refractivity contribution in [2.75, 3.05) is 6.54 Å². The van der Waals surface area contributed by atoms with Gasteiger partial charge in [-0.15, -0.1) is 0 Å². The summed E-state index contributed by atoms with van der Waals surface area (Å²) in [7, 11) is -3.88. The van der Waals surface area contributed by atoms with Crippen LogP contribution in [0.4, 0.5) is 0 Å². The van der Waals surface area contributed by atoms with Crippen LogP contribution in [0.3, 0.4) is 0 Å². The summed E-state index contributed by atoms with van der Waals surface area (Å²) in [5.74, 6) is -0.899. The van der Waals surface area contributed by atoms with E-state index in [1.165, 1.54) is 12.1 Å². The largest absolute Gasteiger partial charge is 0.352 e. The fraction of sp³-hybridized carbons (Fsp3) is 0.143. The zero-order valence-corrected chi connectivity index (χ0v) is 15.8. The lowest BCUT2D eigenvalue weighted by Crippen LogP contribution is -2.34. The van der Waals surface area contributed by atoms with Crippen LogP contribution in [-0.2, 0) is 21.4 Å². The molecule has 1 heterocycles.